The first kappa shape index (κ1) is 10.7. The number of fused-ring (bicyclic) bond motifs is 1. The largest absolute Gasteiger partial charge is 0.481 e. The summed E-state index contributed by atoms with van der Waals surface area (Å²) in [5.74, 6) is -0.459. The van der Waals surface area contributed by atoms with Crippen molar-refractivity contribution >= 4 is 16.9 Å². The van der Waals surface area contributed by atoms with Crippen molar-refractivity contribution in [1.82, 2.24) is 4.98 Å². The van der Waals surface area contributed by atoms with E-state index in [1.54, 1.807) is 0 Å². The minimum Gasteiger partial charge on any atom is -0.481 e. The first-order chi connectivity index (χ1) is 7.68. The van der Waals surface area contributed by atoms with Crippen LogP contribution < -0.4 is 0 Å². The number of carboxylic acid groups (broad SMARTS) is 1. The van der Waals surface area contributed by atoms with Gasteiger partial charge in [0.1, 0.15) is 0 Å². The Kier molecular flexibility index (Phi) is 2.95. The van der Waals surface area contributed by atoms with E-state index in [0.29, 0.717) is 6.42 Å². The molecule has 3 nitrogen and oxygen atoms in total. The summed E-state index contributed by atoms with van der Waals surface area (Å²) in [7, 11) is 0. The zero-order chi connectivity index (χ0) is 11.5. The molecule has 0 aliphatic carbocycles. The second-order valence-electron chi connectivity index (χ2n) is 4.12. The standard InChI is InChI=1S/C13H15NO2/c1-9(6-7-13(15)16)11-8-14-12-5-3-2-4-10(11)12/h2-5,8-9,14H,6-7H2,1H3,(H,15,16). The Morgan fingerprint density at radius 3 is 2.94 bits per heavy atom. The fourth-order valence-corrected chi connectivity index (χ4v) is 2.00. The molecule has 2 N–H and O–H groups in total. The summed E-state index contributed by atoms with van der Waals surface area (Å²) in [4.78, 5) is 13.7. The molecular weight excluding hydrogens is 202 g/mol. The van der Waals surface area contributed by atoms with E-state index in [1.165, 1.54) is 10.9 Å². The predicted octanol–water partition coefficient (Wildman–Crippen LogP) is 3.14. The van der Waals surface area contributed by atoms with Crippen LogP contribution in [-0.2, 0) is 4.79 Å². The monoisotopic (exact) mass is 217 g/mol. The Morgan fingerprint density at radius 1 is 1.44 bits per heavy atom. The first-order valence-corrected chi connectivity index (χ1v) is 5.46. The van der Waals surface area contributed by atoms with Crippen LogP contribution in [0.1, 0.15) is 31.2 Å². The lowest BCUT2D eigenvalue weighted by Gasteiger charge is -2.08. The van der Waals surface area contributed by atoms with E-state index in [4.69, 9.17) is 5.11 Å². The van der Waals surface area contributed by atoms with Crippen molar-refractivity contribution in [1.29, 1.82) is 0 Å². The summed E-state index contributed by atoms with van der Waals surface area (Å²) < 4.78 is 0. The van der Waals surface area contributed by atoms with Crippen LogP contribution in [0.4, 0.5) is 0 Å². The van der Waals surface area contributed by atoms with Gasteiger partial charge < -0.3 is 10.1 Å². The van der Waals surface area contributed by atoms with Crippen LogP contribution in [0.5, 0.6) is 0 Å². The van der Waals surface area contributed by atoms with Gasteiger partial charge in [-0.1, -0.05) is 25.1 Å². The number of hydrogen-bond acceptors (Lipinski definition) is 1. The maximum absolute atomic E-state index is 10.5. The van der Waals surface area contributed by atoms with Crippen LogP contribution in [-0.4, -0.2) is 16.1 Å². The molecule has 1 aromatic heterocycles. The average Bonchev–Trinajstić information content (AvgIpc) is 2.69. The number of nitrogens with one attached hydrogen (secondary N) is 1. The summed E-state index contributed by atoms with van der Waals surface area (Å²) >= 11 is 0. The Labute approximate surface area is 94.1 Å². The quantitative estimate of drug-likeness (QED) is 0.826. The minimum absolute atomic E-state index is 0.223. The molecule has 1 aromatic carbocycles. The van der Waals surface area contributed by atoms with Crippen molar-refractivity contribution in [3.8, 4) is 0 Å². The van der Waals surface area contributed by atoms with Crippen molar-refractivity contribution in [2.75, 3.05) is 0 Å². The Bertz CT molecular complexity index is 501. The molecule has 16 heavy (non-hydrogen) atoms. The second kappa shape index (κ2) is 4.39. The zero-order valence-electron chi connectivity index (χ0n) is 9.23. The fourth-order valence-electron chi connectivity index (χ4n) is 2.00. The number of aromatic amines is 1. The third kappa shape index (κ3) is 2.08. The molecule has 0 fully saturated rings. The van der Waals surface area contributed by atoms with Crippen molar-refractivity contribution in [2.45, 2.75) is 25.7 Å². The zero-order valence-corrected chi connectivity index (χ0v) is 9.23. The SMILES string of the molecule is CC(CCC(=O)O)c1c[nH]c2ccccc12. The van der Waals surface area contributed by atoms with Gasteiger partial charge in [-0.15, -0.1) is 0 Å². The average molecular weight is 217 g/mol. The van der Waals surface area contributed by atoms with E-state index in [2.05, 4.69) is 18.0 Å². The van der Waals surface area contributed by atoms with Crippen LogP contribution in [0.3, 0.4) is 0 Å². The summed E-state index contributed by atoms with van der Waals surface area (Å²) in [5.41, 5.74) is 2.32. The lowest BCUT2D eigenvalue weighted by atomic mass is 9.96. The van der Waals surface area contributed by atoms with Gasteiger partial charge in [0.25, 0.3) is 0 Å². The van der Waals surface area contributed by atoms with Gasteiger partial charge in [0.05, 0.1) is 0 Å². The molecule has 1 atom stereocenters. The van der Waals surface area contributed by atoms with Crippen molar-refractivity contribution in [3.05, 3.63) is 36.0 Å². The van der Waals surface area contributed by atoms with Gasteiger partial charge in [0.2, 0.25) is 0 Å². The summed E-state index contributed by atoms with van der Waals surface area (Å²) in [6.45, 7) is 2.07. The van der Waals surface area contributed by atoms with Gasteiger partial charge in [0.15, 0.2) is 0 Å². The third-order valence-electron chi connectivity index (χ3n) is 2.94. The molecule has 0 spiro atoms. The molecule has 2 rings (SSSR count). The van der Waals surface area contributed by atoms with E-state index in [-0.39, 0.29) is 12.3 Å². The normalized spacial score (nSPS) is 12.8. The molecule has 0 aliphatic rings. The number of hydrogen-bond donors (Lipinski definition) is 2. The van der Waals surface area contributed by atoms with Gasteiger partial charge in [-0.2, -0.15) is 0 Å². The molecule has 1 unspecified atom stereocenters. The topological polar surface area (TPSA) is 53.1 Å². The first-order valence-electron chi connectivity index (χ1n) is 5.46. The van der Waals surface area contributed by atoms with Gasteiger partial charge >= 0.3 is 5.97 Å². The molecule has 0 amide bonds. The van der Waals surface area contributed by atoms with Crippen LogP contribution >= 0.6 is 0 Å². The summed E-state index contributed by atoms with van der Waals surface area (Å²) in [5, 5.41) is 9.86. The van der Waals surface area contributed by atoms with E-state index in [1.807, 2.05) is 24.4 Å². The van der Waals surface area contributed by atoms with E-state index >= 15 is 0 Å². The number of carbonyl (C=O) groups is 1. The van der Waals surface area contributed by atoms with Crippen molar-refractivity contribution in [3.63, 3.8) is 0 Å². The molecule has 2 aromatic rings. The van der Waals surface area contributed by atoms with Gasteiger partial charge in [-0.3, -0.25) is 4.79 Å². The Hall–Kier alpha value is -1.77. The number of carboxylic acids is 1. The van der Waals surface area contributed by atoms with E-state index in [0.717, 1.165) is 5.52 Å². The Morgan fingerprint density at radius 2 is 2.19 bits per heavy atom. The number of aliphatic carboxylic acids is 1. The highest BCUT2D eigenvalue weighted by molar-refractivity contribution is 5.83. The van der Waals surface area contributed by atoms with Crippen LogP contribution in [0, 0.1) is 0 Å². The van der Waals surface area contributed by atoms with Crippen molar-refractivity contribution in [2.24, 2.45) is 0 Å². The highest BCUT2D eigenvalue weighted by Crippen LogP contribution is 2.28. The number of para-hydroxylation sites is 1. The molecule has 0 saturated heterocycles. The second-order valence-corrected chi connectivity index (χ2v) is 4.12. The van der Waals surface area contributed by atoms with Gasteiger partial charge in [-0.05, 0) is 24.0 Å². The summed E-state index contributed by atoms with van der Waals surface area (Å²) in [6, 6.07) is 8.09. The van der Waals surface area contributed by atoms with E-state index in [9.17, 15) is 4.79 Å². The minimum atomic E-state index is -0.730. The molecular formula is C13H15NO2. The maximum atomic E-state index is 10.5. The molecule has 0 bridgehead atoms. The molecule has 3 heteroatoms. The Balaban J connectivity index is 2.22. The molecule has 0 saturated carbocycles. The van der Waals surface area contributed by atoms with E-state index < -0.39 is 5.97 Å². The van der Waals surface area contributed by atoms with Crippen LogP contribution in [0.2, 0.25) is 0 Å². The highest BCUT2D eigenvalue weighted by Gasteiger charge is 2.12. The molecule has 0 aliphatic heterocycles. The van der Waals surface area contributed by atoms with Gasteiger partial charge in [-0.25, -0.2) is 0 Å². The number of rotatable bonds is 4. The summed E-state index contributed by atoms with van der Waals surface area (Å²) in [6.07, 6.45) is 2.88. The van der Waals surface area contributed by atoms with Crippen molar-refractivity contribution < 1.29 is 9.90 Å². The number of benzene rings is 1. The lowest BCUT2D eigenvalue weighted by Crippen LogP contribution is -1.99. The van der Waals surface area contributed by atoms with Crippen LogP contribution in [0.15, 0.2) is 30.5 Å². The fraction of sp³-hybridized carbons (Fsp3) is 0.308. The van der Waals surface area contributed by atoms with Crippen LogP contribution in [0.25, 0.3) is 10.9 Å². The smallest absolute Gasteiger partial charge is 0.303 e. The maximum Gasteiger partial charge on any atom is 0.303 e. The van der Waals surface area contributed by atoms with Gasteiger partial charge in [0, 0.05) is 23.5 Å². The third-order valence-corrected chi connectivity index (χ3v) is 2.94. The lowest BCUT2D eigenvalue weighted by molar-refractivity contribution is -0.137. The molecule has 84 valence electrons. The number of H-pyrrole nitrogens is 1. The molecule has 1 heterocycles. The number of aromatic nitrogens is 1. The highest BCUT2D eigenvalue weighted by atomic mass is 16.4. The molecule has 0 radical (unpaired) electrons. The predicted molar refractivity (Wildman–Crippen MR) is 63.6 cm³/mol.